The number of piperidine rings is 1. The Morgan fingerprint density at radius 2 is 1.76 bits per heavy atom. The van der Waals surface area contributed by atoms with E-state index in [-0.39, 0.29) is 34.7 Å². The molecule has 2 aliphatic heterocycles. The van der Waals surface area contributed by atoms with Crippen molar-refractivity contribution in [2.45, 2.75) is 60.3 Å². The topological polar surface area (TPSA) is 201 Å². The number of nitrogens with zero attached hydrogens (tertiary/aromatic N) is 1. The predicted octanol–water partition coefficient (Wildman–Crippen LogP) is 1.81. The van der Waals surface area contributed by atoms with Crippen molar-refractivity contribution in [2.75, 3.05) is 45.2 Å². The Morgan fingerprint density at radius 3 is 2.43 bits per heavy atom. The molecule has 1 spiro atoms. The van der Waals surface area contributed by atoms with E-state index in [2.05, 4.69) is 5.32 Å². The molecular formula is C34H44N4O9S2. The molecular weight excluding hydrogens is 673 g/mol. The summed E-state index contributed by atoms with van der Waals surface area (Å²) in [5, 5.41) is 13.8. The fourth-order valence-electron chi connectivity index (χ4n) is 6.18. The molecule has 3 aromatic carbocycles. The number of primary amides is 1. The zero-order valence-electron chi connectivity index (χ0n) is 27.4. The number of benzene rings is 3. The molecule has 49 heavy (non-hydrogen) atoms. The lowest BCUT2D eigenvalue weighted by atomic mass is 9.88. The number of hydrogen-bond acceptors (Lipinski definition) is 11. The standard InChI is InChI=1S/C34H44N4O9S2/c1-2-45-31-11-10-26(25-8-6-24(19-35)7-9-25)16-32(31)49(43,44)38-14-12-34(13-15-38)18-27(21-47-34)37-20-28(39)22-46-29-4-3-5-30(17-29)48(41,42)23-33(36)40/h3-11,16-17,27-28,37,39H,2,12-15,18-23,35H2,1H3,(H2,36,40). The van der Waals surface area contributed by atoms with Gasteiger partial charge in [-0.3, -0.25) is 4.79 Å². The summed E-state index contributed by atoms with van der Waals surface area (Å²) in [5.41, 5.74) is 12.9. The maximum atomic E-state index is 14.0. The molecule has 0 bridgehead atoms. The number of carbonyl (C=O) groups is 1. The fourth-order valence-corrected chi connectivity index (χ4v) is 8.90. The van der Waals surface area contributed by atoms with Gasteiger partial charge >= 0.3 is 0 Å². The Balaban J connectivity index is 1.14. The molecule has 2 heterocycles. The SMILES string of the molecule is CCOc1ccc(-c2ccc(CN)cc2)cc1S(=O)(=O)N1CCC2(CC1)CC(NCC(O)COc1cccc(S(=O)(=O)CC(N)=O)c1)CO2. The van der Waals surface area contributed by atoms with Gasteiger partial charge in [-0.1, -0.05) is 36.4 Å². The number of aliphatic hydroxyl groups is 1. The quantitative estimate of drug-likeness (QED) is 0.179. The first kappa shape index (κ1) is 36.7. The second-order valence-electron chi connectivity index (χ2n) is 12.4. The number of amides is 1. The van der Waals surface area contributed by atoms with Crippen LogP contribution in [0.4, 0.5) is 0 Å². The molecule has 2 aliphatic rings. The van der Waals surface area contributed by atoms with E-state index in [9.17, 15) is 26.7 Å². The number of hydrogen-bond donors (Lipinski definition) is 4. The predicted molar refractivity (Wildman–Crippen MR) is 183 cm³/mol. The Labute approximate surface area is 287 Å². The summed E-state index contributed by atoms with van der Waals surface area (Å²) in [4.78, 5) is 11.1. The molecule has 5 rings (SSSR count). The van der Waals surface area contributed by atoms with Gasteiger partial charge in [0.2, 0.25) is 15.9 Å². The van der Waals surface area contributed by atoms with Crippen molar-refractivity contribution in [3.8, 4) is 22.6 Å². The van der Waals surface area contributed by atoms with E-state index in [0.717, 1.165) is 16.7 Å². The Hall–Kier alpha value is -3.57. The third-order valence-corrected chi connectivity index (χ3v) is 12.4. The van der Waals surface area contributed by atoms with Crippen LogP contribution in [0.15, 0.2) is 76.5 Å². The van der Waals surface area contributed by atoms with E-state index >= 15 is 0 Å². The number of aliphatic hydroxyl groups excluding tert-OH is 1. The van der Waals surface area contributed by atoms with E-state index in [1.165, 1.54) is 22.5 Å². The number of rotatable bonds is 15. The zero-order chi connectivity index (χ0) is 35.2. The monoisotopic (exact) mass is 716 g/mol. The van der Waals surface area contributed by atoms with Crippen LogP contribution in [-0.4, -0.2) is 95.1 Å². The van der Waals surface area contributed by atoms with Gasteiger partial charge in [-0.2, -0.15) is 4.31 Å². The van der Waals surface area contributed by atoms with Gasteiger partial charge in [0, 0.05) is 32.2 Å². The molecule has 0 saturated carbocycles. The van der Waals surface area contributed by atoms with E-state index in [1.807, 2.05) is 37.3 Å². The van der Waals surface area contributed by atoms with Crippen LogP contribution in [0.3, 0.4) is 0 Å². The van der Waals surface area contributed by atoms with Gasteiger partial charge in [0.25, 0.3) is 0 Å². The van der Waals surface area contributed by atoms with Crippen molar-refractivity contribution in [1.82, 2.24) is 9.62 Å². The van der Waals surface area contributed by atoms with Gasteiger partial charge in [0.15, 0.2) is 9.84 Å². The summed E-state index contributed by atoms with van der Waals surface area (Å²) in [5.74, 6) is -1.22. The molecule has 2 fully saturated rings. The van der Waals surface area contributed by atoms with Crippen LogP contribution in [0.2, 0.25) is 0 Å². The van der Waals surface area contributed by atoms with Crippen molar-refractivity contribution in [1.29, 1.82) is 0 Å². The first-order valence-corrected chi connectivity index (χ1v) is 19.3. The highest BCUT2D eigenvalue weighted by Gasteiger charge is 2.45. The molecule has 2 atom stereocenters. The smallest absolute Gasteiger partial charge is 0.246 e. The summed E-state index contributed by atoms with van der Waals surface area (Å²) < 4.78 is 71.6. The normalized spacial score (nSPS) is 18.7. The molecule has 0 radical (unpaired) electrons. The molecule has 266 valence electrons. The minimum atomic E-state index is -3.89. The summed E-state index contributed by atoms with van der Waals surface area (Å²) in [6.07, 6.45) is 0.806. The van der Waals surface area contributed by atoms with Crippen LogP contribution in [0.5, 0.6) is 11.5 Å². The maximum absolute atomic E-state index is 14.0. The van der Waals surface area contributed by atoms with E-state index in [1.54, 1.807) is 18.2 Å². The molecule has 2 saturated heterocycles. The van der Waals surface area contributed by atoms with Gasteiger partial charge in [0.1, 0.15) is 34.9 Å². The van der Waals surface area contributed by atoms with Crippen LogP contribution >= 0.6 is 0 Å². The van der Waals surface area contributed by atoms with Crippen molar-refractivity contribution in [2.24, 2.45) is 11.5 Å². The molecule has 2 unspecified atom stereocenters. The summed E-state index contributed by atoms with van der Waals surface area (Å²) in [6.45, 7) is 3.68. The highest BCUT2D eigenvalue weighted by Crippen LogP contribution is 2.39. The van der Waals surface area contributed by atoms with Crippen molar-refractivity contribution in [3.63, 3.8) is 0 Å². The number of sulfone groups is 1. The molecule has 13 nitrogen and oxygen atoms in total. The second kappa shape index (κ2) is 15.5. The first-order valence-electron chi connectivity index (χ1n) is 16.2. The average Bonchev–Trinajstić information content (AvgIpc) is 3.48. The van der Waals surface area contributed by atoms with Crippen molar-refractivity contribution < 1.29 is 40.9 Å². The van der Waals surface area contributed by atoms with Crippen LogP contribution in [0.25, 0.3) is 11.1 Å². The number of sulfonamides is 1. The van der Waals surface area contributed by atoms with Crippen LogP contribution < -0.4 is 26.3 Å². The van der Waals surface area contributed by atoms with Crippen LogP contribution in [0.1, 0.15) is 31.7 Å². The van der Waals surface area contributed by atoms with E-state index in [4.69, 9.17) is 25.7 Å². The first-order chi connectivity index (χ1) is 23.3. The second-order valence-corrected chi connectivity index (χ2v) is 16.3. The van der Waals surface area contributed by atoms with Gasteiger partial charge in [-0.05, 0) is 73.2 Å². The molecule has 0 aromatic heterocycles. The number of ether oxygens (including phenoxy) is 3. The third kappa shape index (κ3) is 8.97. The largest absolute Gasteiger partial charge is 0.492 e. The van der Waals surface area contributed by atoms with Gasteiger partial charge in [-0.15, -0.1) is 0 Å². The highest BCUT2D eigenvalue weighted by molar-refractivity contribution is 7.92. The molecule has 3 aromatic rings. The maximum Gasteiger partial charge on any atom is 0.246 e. The highest BCUT2D eigenvalue weighted by atomic mass is 32.2. The molecule has 1 amide bonds. The third-order valence-electron chi connectivity index (χ3n) is 8.81. The van der Waals surface area contributed by atoms with Crippen molar-refractivity contribution in [3.05, 3.63) is 72.3 Å². The minimum absolute atomic E-state index is 0.0491. The van der Waals surface area contributed by atoms with E-state index < -0.39 is 43.2 Å². The van der Waals surface area contributed by atoms with E-state index in [0.29, 0.717) is 57.9 Å². The number of nitrogens with two attached hydrogens (primary N) is 2. The van der Waals surface area contributed by atoms with Crippen molar-refractivity contribution >= 4 is 25.8 Å². The Bertz CT molecular complexity index is 1830. The van der Waals surface area contributed by atoms with Crippen LogP contribution in [-0.2, 0) is 35.9 Å². The number of carbonyl (C=O) groups excluding carboxylic acids is 1. The van der Waals surface area contributed by atoms with Gasteiger partial charge < -0.3 is 36.1 Å². The molecule has 0 aliphatic carbocycles. The molecule has 6 N–H and O–H groups in total. The lowest BCUT2D eigenvalue weighted by Gasteiger charge is -2.38. The summed E-state index contributed by atoms with van der Waals surface area (Å²) in [7, 11) is -7.76. The lowest BCUT2D eigenvalue weighted by molar-refractivity contribution is -0.115. The Kier molecular flexibility index (Phi) is 11.6. The zero-order valence-corrected chi connectivity index (χ0v) is 29.0. The average molecular weight is 717 g/mol. The lowest BCUT2D eigenvalue weighted by Crippen LogP contribution is -2.47. The summed E-state index contributed by atoms with van der Waals surface area (Å²) in [6, 6.07) is 18.6. The van der Waals surface area contributed by atoms with Gasteiger partial charge in [-0.25, -0.2) is 16.8 Å². The number of nitrogens with one attached hydrogen (secondary N) is 1. The van der Waals surface area contributed by atoms with Crippen LogP contribution in [0, 0.1) is 0 Å². The molecule has 15 heteroatoms. The minimum Gasteiger partial charge on any atom is -0.492 e. The fraction of sp³-hybridized carbons (Fsp3) is 0.441. The summed E-state index contributed by atoms with van der Waals surface area (Å²) >= 11 is 0. The van der Waals surface area contributed by atoms with Gasteiger partial charge in [0.05, 0.1) is 23.7 Å². The Morgan fingerprint density at radius 1 is 1.04 bits per heavy atom.